The van der Waals surface area contributed by atoms with Crippen LogP contribution in [0.1, 0.15) is 29.9 Å². The van der Waals surface area contributed by atoms with Gasteiger partial charge in [0.2, 0.25) is 5.91 Å². The molecule has 0 unspecified atom stereocenters. The molecule has 1 atom stereocenters. The number of para-hydroxylation sites is 2. The summed E-state index contributed by atoms with van der Waals surface area (Å²) >= 11 is 0. The van der Waals surface area contributed by atoms with Crippen LogP contribution >= 0.6 is 0 Å². The minimum Gasteiger partial charge on any atom is -0.496 e. The van der Waals surface area contributed by atoms with Crippen LogP contribution in [0.5, 0.6) is 5.75 Å². The van der Waals surface area contributed by atoms with Crippen LogP contribution in [0.15, 0.2) is 59.4 Å². The van der Waals surface area contributed by atoms with Gasteiger partial charge in [-0.2, -0.15) is 10.2 Å². The molecule has 2 aromatic carbocycles. The highest BCUT2D eigenvalue weighted by Crippen LogP contribution is 2.22. The predicted octanol–water partition coefficient (Wildman–Crippen LogP) is 3.09. The zero-order valence-corrected chi connectivity index (χ0v) is 18.5. The summed E-state index contributed by atoms with van der Waals surface area (Å²) in [6.07, 6.45) is 0. The summed E-state index contributed by atoms with van der Waals surface area (Å²) in [6.45, 7) is 5.66. The fourth-order valence-electron chi connectivity index (χ4n) is 3.82. The zero-order chi connectivity index (χ0) is 22.8. The predicted molar refractivity (Wildman–Crippen MR) is 122 cm³/mol. The number of fused-ring (bicyclic) bond motifs is 1. The number of nitrogens with one attached hydrogen (secondary N) is 1. The van der Waals surface area contributed by atoms with Crippen molar-refractivity contribution in [1.29, 1.82) is 0 Å². The molecule has 0 saturated carbocycles. The first-order valence-corrected chi connectivity index (χ1v) is 10.4. The van der Waals surface area contributed by atoms with Gasteiger partial charge in [-0.15, -0.1) is 0 Å². The molecule has 0 radical (unpaired) electrons. The van der Waals surface area contributed by atoms with Gasteiger partial charge < -0.3 is 10.1 Å². The first-order valence-electron chi connectivity index (χ1n) is 10.4. The third-order valence-electron chi connectivity index (χ3n) is 5.54. The van der Waals surface area contributed by atoms with Gasteiger partial charge >= 0.3 is 0 Å². The van der Waals surface area contributed by atoms with Crippen molar-refractivity contribution < 1.29 is 9.53 Å². The first-order chi connectivity index (χ1) is 15.4. The molecule has 8 heteroatoms. The average Bonchev–Trinajstić information content (AvgIpc) is 3.18. The molecule has 1 amide bonds. The topological polar surface area (TPSA) is 91.0 Å². The summed E-state index contributed by atoms with van der Waals surface area (Å²) < 4.78 is 8.27. The quantitative estimate of drug-likeness (QED) is 0.507. The van der Waals surface area contributed by atoms with E-state index < -0.39 is 11.6 Å². The van der Waals surface area contributed by atoms with Gasteiger partial charge in [0.15, 0.2) is 5.52 Å². The Hall–Kier alpha value is -3.94. The highest BCUT2D eigenvalue weighted by atomic mass is 16.5. The van der Waals surface area contributed by atoms with Crippen LogP contribution in [-0.2, 0) is 11.3 Å². The maximum atomic E-state index is 13.2. The minimum absolute atomic E-state index is 0.283. The van der Waals surface area contributed by atoms with Crippen LogP contribution in [0.25, 0.3) is 16.6 Å². The number of aryl methyl sites for hydroxylation is 2. The smallest absolute Gasteiger partial charge is 0.295 e. The van der Waals surface area contributed by atoms with E-state index in [0.717, 1.165) is 16.9 Å². The monoisotopic (exact) mass is 431 g/mol. The van der Waals surface area contributed by atoms with Crippen molar-refractivity contribution >= 4 is 16.8 Å². The van der Waals surface area contributed by atoms with Crippen molar-refractivity contribution in [3.8, 4) is 11.4 Å². The largest absolute Gasteiger partial charge is 0.496 e. The summed E-state index contributed by atoms with van der Waals surface area (Å²) in [5, 5.41) is 12.6. The number of methoxy groups -OCH3 is 1. The van der Waals surface area contributed by atoms with Gasteiger partial charge in [-0.1, -0.05) is 36.4 Å². The van der Waals surface area contributed by atoms with Crippen LogP contribution < -0.4 is 15.6 Å². The molecule has 0 aliphatic carbocycles. The Balaban J connectivity index is 1.66. The van der Waals surface area contributed by atoms with Gasteiger partial charge in [-0.25, -0.2) is 9.36 Å². The molecule has 4 aromatic rings. The summed E-state index contributed by atoms with van der Waals surface area (Å²) in [4.78, 5) is 26.1. The van der Waals surface area contributed by atoms with Crippen molar-refractivity contribution in [2.45, 2.75) is 33.4 Å². The fraction of sp³-hybridized carbons (Fsp3) is 0.250. The number of rotatable bonds is 6. The molecule has 2 heterocycles. The second kappa shape index (κ2) is 8.66. The molecular weight excluding hydrogens is 406 g/mol. The van der Waals surface area contributed by atoms with E-state index in [9.17, 15) is 9.59 Å². The summed E-state index contributed by atoms with van der Waals surface area (Å²) in [7, 11) is 1.58. The Morgan fingerprint density at radius 2 is 1.75 bits per heavy atom. The lowest BCUT2D eigenvalue weighted by Gasteiger charge is -2.15. The Bertz CT molecular complexity index is 1340. The van der Waals surface area contributed by atoms with Crippen LogP contribution in [0, 0.1) is 13.8 Å². The molecule has 8 nitrogen and oxygen atoms in total. The molecule has 0 fully saturated rings. The number of hydrogen-bond donors (Lipinski definition) is 1. The van der Waals surface area contributed by atoms with Crippen molar-refractivity contribution in [1.82, 2.24) is 24.9 Å². The van der Waals surface area contributed by atoms with E-state index >= 15 is 0 Å². The number of hydrogen-bond acceptors (Lipinski definition) is 5. The number of benzene rings is 2. The van der Waals surface area contributed by atoms with E-state index in [2.05, 4.69) is 15.5 Å². The van der Waals surface area contributed by atoms with Gasteiger partial charge in [-0.05, 0) is 39.0 Å². The van der Waals surface area contributed by atoms with E-state index in [4.69, 9.17) is 4.74 Å². The SMILES string of the molecule is COc1ccccc1CNC(=O)[C@@H](C)n1nc(C)c2c(C)n(-c3ccccc3)nc2c1=O. The zero-order valence-electron chi connectivity index (χ0n) is 18.5. The molecule has 164 valence electrons. The van der Waals surface area contributed by atoms with E-state index in [-0.39, 0.29) is 12.5 Å². The van der Waals surface area contributed by atoms with Crippen molar-refractivity contribution in [2.75, 3.05) is 7.11 Å². The molecule has 0 saturated heterocycles. The average molecular weight is 431 g/mol. The highest BCUT2D eigenvalue weighted by Gasteiger charge is 2.23. The highest BCUT2D eigenvalue weighted by molar-refractivity contribution is 5.84. The van der Waals surface area contributed by atoms with Crippen LogP contribution in [0.4, 0.5) is 0 Å². The van der Waals surface area contributed by atoms with E-state index in [1.807, 2.05) is 68.4 Å². The molecule has 2 aromatic heterocycles. The molecule has 0 spiro atoms. The van der Waals surface area contributed by atoms with Crippen LogP contribution in [0.3, 0.4) is 0 Å². The Morgan fingerprint density at radius 3 is 2.47 bits per heavy atom. The Labute approximate surface area is 185 Å². The number of aromatic nitrogens is 4. The van der Waals surface area contributed by atoms with Crippen molar-refractivity contribution in [3.63, 3.8) is 0 Å². The molecular formula is C24H25N5O3. The van der Waals surface area contributed by atoms with Gasteiger partial charge in [-0.3, -0.25) is 9.59 Å². The van der Waals surface area contributed by atoms with E-state index in [0.29, 0.717) is 22.3 Å². The Morgan fingerprint density at radius 1 is 1.06 bits per heavy atom. The lowest BCUT2D eigenvalue weighted by molar-refractivity contribution is -0.124. The fourth-order valence-corrected chi connectivity index (χ4v) is 3.82. The molecule has 0 aliphatic rings. The van der Waals surface area contributed by atoms with Gasteiger partial charge in [0.25, 0.3) is 5.56 Å². The Kier molecular flexibility index (Phi) is 5.77. The number of carbonyl (C=O) groups is 1. The third kappa shape index (κ3) is 3.75. The molecule has 0 bridgehead atoms. The molecule has 1 N–H and O–H groups in total. The van der Waals surface area contributed by atoms with E-state index in [1.165, 1.54) is 4.68 Å². The second-order valence-electron chi connectivity index (χ2n) is 7.60. The van der Waals surface area contributed by atoms with Gasteiger partial charge in [0.1, 0.15) is 11.8 Å². The lowest BCUT2D eigenvalue weighted by atomic mass is 10.2. The van der Waals surface area contributed by atoms with Crippen LogP contribution in [-0.4, -0.2) is 32.6 Å². The number of ether oxygens (including phenoxy) is 1. The standard InChI is InChI=1S/C24H25N5O3/c1-15-21-16(2)28(19-11-6-5-7-12-19)27-22(21)24(31)29(26-15)17(3)23(30)25-14-18-10-8-9-13-20(18)32-4/h5-13,17H,14H2,1-4H3,(H,25,30)/t17-/m1/s1. The number of nitrogens with zero attached hydrogens (tertiary/aromatic N) is 4. The lowest BCUT2D eigenvalue weighted by Crippen LogP contribution is -2.37. The normalized spacial score (nSPS) is 12.0. The molecule has 32 heavy (non-hydrogen) atoms. The van der Waals surface area contributed by atoms with Gasteiger partial charge in [0.05, 0.1) is 29.6 Å². The second-order valence-corrected chi connectivity index (χ2v) is 7.60. The maximum absolute atomic E-state index is 13.2. The number of carbonyl (C=O) groups excluding carboxylic acids is 1. The first kappa shape index (κ1) is 21.3. The molecule has 0 aliphatic heterocycles. The molecule has 4 rings (SSSR count). The van der Waals surface area contributed by atoms with Gasteiger partial charge in [0, 0.05) is 12.1 Å². The van der Waals surface area contributed by atoms with Crippen molar-refractivity contribution in [3.05, 3.63) is 81.9 Å². The van der Waals surface area contributed by atoms with Crippen molar-refractivity contribution in [2.24, 2.45) is 0 Å². The summed E-state index contributed by atoms with van der Waals surface area (Å²) in [5.41, 5.74) is 3.07. The number of amides is 1. The summed E-state index contributed by atoms with van der Waals surface area (Å²) in [6, 6.07) is 16.3. The third-order valence-corrected chi connectivity index (χ3v) is 5.54. The van der Waals surface area contributed by atoms with Crippen LogP contribution in [0.2, 0.25) is 0 Å². The maximum Gasteiger partial charge on any atom is 0.295 e. The summed E-state index contributed by atoms with van der Waals surface area (Å²) in [5.74, 6) is 0.374. The minimum atomic E-state index is -0.803. The van der Waals surface area contributed by atoms with E-state index in [1.54, 1.807) is 18.7 Å².